The number of nitrogens with one attached hydrogen (secondary N) is 1. The number of carbonyl (C=O) groups is 1. The van der Waals surface area contributed by atoms with Gasteiger partial charge < -0.3 is 9.47 Å². The van der Waals surface area contributed by atoms with Crippen molar-refractivity contribution < 1.29 is 14.3 Å². The van der Waals surface area contributed by atoms with Crippen molar-refractivity contribution in [3.05, 3.63) is 96.1 Å². The van der Waals surface area contributed by atoms with Crippen LogP contribution in [0.2, 0.25) is 0 Å². The molecule has 0 aromatic heterocycles. The molecule has 0 bridgehead atoms. The Morgan fingerprint density at radius 2 is 1.44 bits per heavy atom. The number of hydrogen-bond donors (Lipinski definition) is 1. The van der Waals surface area contributed by atoms with Gasteiger partial charge in [0, 0.05) is 0 Å². The Morgan fingerprint density at radius 1 is 0.815 bits per heavy atom. The van der Waals surface area contributed by atoms with E-state index in [4.69, 9.17) is 9.47 Å². The number of carbonyl (C=O) groups excluding carboxylic acids is 1. The molecule has 0 saturated carbocycles. The molecule has 0 saturated heterocycles. The fourth-order valence-electron chi connectivity index (χ4n) is 2.27. The van der Waals surface area contributed by atoms with Gasteiger partial charge in [-0.25, -0.2) is 5.43 Å². The van der Waals surface area contributed by atoms with E-state index < -0.39 is 0 Å². The van der Waals surface area contributed by atoms with Crippen LogP contribution in [0, 0.1) is 0 Å². The van der Waals surface area contributed by atoms with Gasteiger partial charge in [-0.2, -0.15) is 5.10 Å². The van der Waals surface area contributed by atoms with Crippen LogP contribution < -0.4 is 14.9 Å². The normalized spacial score (nSPS) is 10.5. The predicted octanol–water partition coefficient (Wildman–Crippen LogP) is 3.79. The molecule has 0 atom stereocenters. The fraction of sp³-hybridized carbons (Fsp3) is 0.0909. The first-order chi connectivity index (χ1) is 13.3. The minimum absolute atomic E-state index is 0.0897. The second-order valence-electron chi connectivity index (χ2n) is 5.74. The maximum atomic E-state index is 11.7. The van der Waals surface area contributed by atoms with E-state index in [2.05, 4.69) is 10.5 Å². The molecule has 0 aliphatic rings. The summed E-state index contributed by atoms with van der Waals surface area (Å²) in [5.74, 6) is 1.09. The number of para-hydroxylation sites is 1. The summed E-state index contributed by atoms with van der Waals surface area (Å²) in [6.45, 7) is 0.430. The number of rotatable bonds is 8. The van der Waals surface area contributed by atoms with E-state index in [1.807, 2.05) is 72.8 Å². The maximum Gasteiger partial charge on any atom is 0.277 e. The van der Waals surface area contributed by atoms with Crippen LogP contribution in [0.5, 0.6) is 11.5 Å². The first-order valence-corrected chi connectivity index (χ1v) is 8.56. The van der Waals surface area contributed by atoms with Crippen molar-refractivity contribution in [2.45, 2.75) is 6.61 Å². The van der Waals surface area contributed by atoms with Crippen molar-refractivity contribution in [2.24, 2.45) is 5.10 Å². The molecule has 0 unspecified atom stereocenters. The third-order valence-electron chi connectivity index (χ3n) is 3.64. The highest BCUT2D eigenvalue weighted by atomic mass is 16.5. The molecule has 5 nitrogen and oxygen atoms in total. The molecule has 0 heterocycles. The molecule has 0 aliphatic carbocycles. The number of hydrogen-bond acceptors (Lipinski definition) is 4. The summed E-state index contributed by atoms with van der Waals surface area (Å²) in [6.07, 6.45) is 1.57. The van der Waals surface area contributed by atoms with Gasteiger partial charge in [-0.15, -0.1) is 0 Å². The van der Waals surface area contributed by atoms with E-state index in [1.54, 1.807) is 18.3 Å². The van der Waals surface area contributed by atoms with Crippen LogP contribution in [0.4, 0.5) is 0 Å². The van der Waals surface area contributed by atoms with Crippen LogP contribution in [0.15, 0.2) is 90.0 Å². The van der Waals surface area contributed by atoms with Gasteiger partial charge in [0.1, 0.15) is 18.1 Å². The highest BCUT2D eigenvalue weighted by Gasteiger charge is 2.00. The number of hydrazone groups is 1. The summed E-state index contributed by atoms with van der Waals surface area (Å²) < 4.78 is 11.1. The molecular weight excluding hydrogens is 340 g/mol. The topological polar surface area (TPSA) is 59.9 Å². The van der Waals surface area contributed by atoms with Crippen molar-refractivity contribution in [3.8, 4) is 11.5 Å². The van der Waals surface area contributed by atoms with E-state index in [1.165, 1.54) is 0 Å². The summed E-state index contributed by atoms with van der Waals surface area (Å²) in [7, 11) is 0. The maximum absolute atomic E-state index is 11.7. The fourth-order valence-corrected chi connectivity index (χ4v) is 2.27. The number of amides is 1. The smallest absolute Gasteiger partial charge is 0.277 e. The molecule has 3 aromatic carbocycles. The quantitative estimate of drug-likeness (QED) is 0.491. The lowest BCUT2D eigenvalue weighted by molar-refractivity contribution is -0.123. The van der Waals surface area contributed by atoms with Gasteiger partial charge in [-0.3, -0.25) is 4.79 Å². The summed E-state index contributed by atoms with van der Waals surface area (Å²) in [5, 5.41) is 3.93. The Labute approximate surface area is 158 Å². The van der Waals surface area contributed by atoms with Crippen molar-refractivity contribution in [1.29, 1.82) is 0 Å². The van der Waals surface area contributed by atoms with Gasteiger partial charge in [0.25, 0.3) is 5.91 Å². The molecule has 1 N–H and O–H groups in total. The van der Waals surface area contributed by atoms with Crippen LogP contribution in [-0.4, -0.2) is 18.7 Å². The van der Waals surface area contributed by atoms with E-state index in [0.29, 0.717) is 12.4 Å². The Hall–Kier alpha value is -3.60. The molecule has 27 heavy (non-hydrogen) atoms. The SMILES string of the molecule is O=C(COc1ccccc1)N/N=C/c1ccc(OCc2ccccc2)cc1. The first kappa shape index (κ1) is 18.2. The van der Waals surface area contributed by atoms with Crippen LogP contribution in [0.1, 0.15) is 11.1 Å². The summed E-state index contributed by atoms with van der Waals surface area (Å²) in [5.41, 5.74) is 4.40. The van der Waals surface area contributed by atoms with Crippen LogP contribution in [0.25, 0.3) is 0 Å². The highest BCUT2D eigenvalue weighted by Crippen LogP contribution is 2.13. The Morgan fingerprint density at radius 3 is 2.15 bits per heavy atom. The minimum atomic E-state index is -0.321. The number of nitrogens with zero attached hydrogens (tertiary/aromatic N) is 1. The molecular formula is C22H20N2O3. The molecule has 0 fully saturated rings. The van der Waals surface area contributed by atoms with Gasteiger partial charge in [-0.05, 0) is 47.5 Å². The van der Waals surface area contributed by atoms with Crippen LogP contribution >= 0.6 is 0 Å². The van der Waals surface area contributed by atoms with Gasteiger partial charge in [0.05, 0.1) is 6.21 Å². The summed E-state index contributed by atoms with van der Waals surface area (Å²) in [4.78, 5) is 11.7. The molecule has 136 valence electrons. The Bertz CT molecular complexity index is 863. The van der Waals surface area contributed by atoms with Crippen LogP contribution in [0.3, 0.4) is 0 Å². The van der Waals surface area contributed by atoms with Gasteiger partial charge >= 0.3 is 0 Å². The largest absolute Gasteiger partial charge is 0.489 e. The van der Waals surface area contributed by atoms with Crippen LogP contribution in [-0.2, 0) is 11.4 Å². The Kier molecular flexibility index (Phi) is 6.59. The monoisotopic (exact) mass is 360 g/mol. The molecule has 3 aromatic rings. The highest BCUT2D eigenvalue weighted by molar-refractivity contribution is 5.83. The van der Waals surface area contributed by atoms with E-state index >= 15 is 0 Å². The minimum Gasteiger partial charge on any atom is -0.489 e. The van der Waals surface area contributed by atoms with Crippen molar-refractivity contribution in [2.75, 3.05) is 6.61 Å². The molecule has 1 amide bonds. The van der Waals surface area contributed by atoms with E-state index in [9.17, 15) is 4.79 Å². The van der Waals surface area contributed by atoms with Gasteiger partial charge in [-0.1, -0.05) is 48.5 Å². The van der Waals surface area contributed by atoms with Crippen molar-refractivity contribution in [3.63, 3.8) is 0 Å². The lowest BCUT2D eigenvalue weighted by Gasteiger charge is -2.06. The zero-order valence-electron chi connectivity index (χ0n) is 14.7. The lowest BCUT2D eigenvalue weighted by atomic mass is 10.2. The summed E-state index contributed by atoms with van der Waals surface area (Å²) in [6, 6.07) is 26.6. The Balaban J connectivity index is 1.41. The second-order valence-corrected chi connectivity index (χ2v) is 5.74. The van der Waals surface area contributed by atoms with Gasteiger partial charge in [0.15, 0.2) is 6.61 Å². The second kappa shape index (κ2) is 9.77. The molecule has 0 aliphatic heterocycles. The average Bonchev–Trinajstić information content (AvgIpc) is 2.73. The molecule has 0 radical (unpaired) electrons. The van der Waals surface area contributed by atoms with E-state index in [0.717, 1.165) is 16.9 Å². The average molecular weight is 360 g/mol. The summed E-state index contributed by atoms with van der Waals surface area (Å²) >= 11 is 0. The van der Waals surface area contributed by atoms with Crippen molar-refractivity contribution >= 4 is 12.1 Å². The van der Waals surface area contributed by atoms with Gasteiger partial charge in [0.2, 0.25) is 0 Å². The van der Waals surface area contributed by atoms with E-state index in [-0.39, 0.29) is 12.5 Å². The number of ether oxygens (including phenoxy) is 2. The molecule has 3 rings (SSSR count). The lowest BCUT2D eigenvalue weighted by Crippen LogP contribution is -2.24. The molecule has 5 heteroatoms. The first-order valence-electron chi connectivity index (χ1n) is 8.56. The third-order valence-corrected chi connectivity index (χ3v) is 3.64. The zero-order chi connectivity index (χ0) is 18.7. The zero-order valence-corrected chi connectivity index (χ0v) is 14.7. The molecule has 0 spiro atoms. The third kappa shape index (κ3) is 6.32. The predicted molar refractivity (Wildman–Crippen MR) is 105 cm³/mol. The standard InChI is InChI=1S/C22H20N2O3/c25-22(17-27-20-9-5-2-6-10-20)24-23-15-18-11-13-21(14-12-18)26-16-19-7-3-1-4-8-19/h1-15H,16-17H2,(H,24,25)/b23-15+. The van der Waals surface area contributed by atoms with Crippen molar-refractivity contribution in [1.82, 2.24) is 5.43 Å². The number of benzene rings is 3.